The first-order chi connectivity index (χ1) is 14.3. The molecule has 0 fully saturated rings. The predicted molar refractivity (Wildman–Crippen MR) is 110 cm³/mol. The topological polar surface area (TPSA) is 92.3 Å². The molecule has 0 radical (unpaired) electrons. The van der Waals surface area contributed by atoms with Crippen molar-refractivity contribution in [1.82, 2.24) is 29.5 Å². The number of carbonyl (C=O) groups is 1. The number of nitrogens with zero attached hydrogens (tertiary/aromatic N) is 5. The SMILES string of the molecule is Cc1cccn2nc([C@H]3c4nc[nH]c4CCN3C(=O)c3cnc(C(C)(C)C)o3)cc12. The zero-order valence-corrected chi connectivity index (χ0v) is 17.5. The number of hydrogen-bond acceptors (Lipinski definition) is 5. The second kappa shape index (κ2) is 6.55. The van der Waals surface area contributed by atoms with Gasteiger partial charge < -0.3 is 14.3 Å². The van der Waals surface area contributed by atoms with Crippen LogP contribution in [0.2, 0.25) is 0 Å². The Kier molecular flexibility index (Phi) is 4.06. The van der Waals surface area contributed by atoms with Gasteiger partial charge in [0.25, 0.3) is 5.91 Å². The number of aryl methyl sites for hydroxylation is 1. The van der Waals surface area contributed by atoms with Crippen LogP contribution in [0.4, 0.5) is 0 Å². The number of carbonyl (C=O) groups excluding carboxylic acids is 1. The number of rotatable bonds is 2. The normalized spacial score (nSPS) is 16.8. The van der Waals surface area contributed by atoms with Crippen molar-refractivity contribution in [1.29, 1.82) is 0 Å². The van der Waals surface area contributed by atoms with E-state index in [4.69, 9.17) is 9.52 Å². The molecule has 8 nitrogen and oxygen atoms in total. The van der Waals surface area contributed by atoms with Crippen molar-refractivity contribution >= 4 is 11.4 Å². The van der Waals surface area contributed by atoms with E-state index in [1.807, 2.05) is 56.6 Å². The zero-order valence-electron chi connectivity index (χ0n) is 17.5. The van der Waals surface area contributed by atoms with Crippen LogP contribution < -0.4 is 0 Å². The average molecular weight is 404 g/mol. The highest BCUT2D eigenvalue weighted by Crippen LogP contribution is 2.35. The number of H-pyrrole nitrogens is 1. The Morgan fingerprint density at radius 1 is 1.30 bits per heavy atom. The summed E-state index contributed by atoms with van der Waals surface area (Å²) in [6.45, 7) is 8.60. The van der Waals surface area contributed by atoms with Gasteiger partial charge in [-0.2, -0.15) is 5.10 Å². The fraction of sp³-hybridized carbons (Fsp3) is 0.364. The van der Waals surface area contributed by atoms with Gasteiger partial charge in [-0.15, -0.1) is 0 Å². The number of aromatic amines is 1. The number of nitrogens with one attached hydrogen (secondary N) is 1. The molecule has 0 unspecified atom stereocenters. The summed E-state index contributed by atoms with van der Waals surface area (Å²) in [5.74, 6) is 0.581. The Morgan fingerprint density at radius 2 is 2.13 bits per heavy atom. The number of aromatic nitrogens is 5. The molecule has 1 aliphatic rings. The highest BCUT2D eigenvalue weighted by atomic mass is 16.4. The number of oxazole rings is 1. The molecule has 1 aliphatic heterocycles. The third-order valence-electron chi connectivity index (χ3n) is 5.56. The summed E-state index contributed by atoms with van der Waals surface area (Å²) in [5.41, 5.74) is 4.50. The van der Waals surface area contributed by atoms with Crippen molar-refractivity contribution in [3.63, 3.8) is 0 Å². The third kappa shape index (κ3) is 2.91. The third-order valence-corrected chi connectivity index (χ3v) is 5.56. The molecule has 5 rings (SSSR count). The van der Waals surface area contributed by atoms with Crippen LogP contribution in [0.15, 0.2) is 41.3 Å². The molecule has 4 aromatic rings. The maximum absolute atomic E-state index is 13.5. The zero-order chi connectivity index (χ0) is 21.0. The molecule has 0 aliphatic carbocycles. The second-order valence-corrected chi connectivity index (χ2v) is 8.79. The van der Waals surface area contributed by atoms with Crippen LogP contribution in [0.3, 0.4) is 0 Å². The molecule has 0 spiro atoms. The van der Waals surface area contributed by atoms with Gasteiger partial charge in [0.05, 0.1) is 29.4 Å². The van der Waals surface area contributed by atoms with E-state index in [0.29, 0.717) is 18.9 Å². The van der Waals surface area contributed by atoms with Gasteiger partial charge in [0.1, 0.15) is 6.04 Å². The summed E-state index contributed by atoms with van der Waals surface area (Å²) >= 11 is 0. The molecule has 8 heteroatoms. The summed E-state index contributed by atoms with van der Waals surface area (Å²) in [7, 11) is 0. The van der Waals surface area contributed by atoms with Gasteiger partial charge in [0, 0.05) is 30.3 Å². The lowest BCUT2D eigenvalue weighted by atomic mass is 9.97. The summed E-state index contributed by atoms with van der Waals surface area (Å²) in [5, 5.41) is 4.77. The maximum atomic E-state index is 13.5. The Bertz CT molecular complexity index is 1240. The Morgan fingerprint density at radius 3 is 2.87 bits per heavy atom. The molecule has 0 aromatic carbocycles. The van der Waals surface area contributed by atoms with E-state index in [9.17, 15) is 4.79 Å². The minimum absolute atomic E-state index is 0.203. The van der Waals surface area contributed by atoms with Crippen LogP contribution in [0.25, 0.3) is 5.52 Å². The van der Waals surface area contributed by atoms with Gasteiger partial charge in [-0.1, -0.05) is 26.8 Å². The van der Waals surface area contributed by atoms with Gasteiger partial charge in [0.15, 0.2) is 0 Å². The molecule has 5 heterocycles. The van der Waals surface area contributed by atoms with Crippen molar-refractivity contribution in [2.45, 2.75) is 45.6 Å². The quantitative estimate of drug-likeness (QED) is 0.552. The molecular weight excluding hydrogens is 380 g/mol. The molecule has 1 atom stereocenters. The fourth-order valence-electron chi connectivity index (χ4n) is 3.97. The highest BCUT2D eigenvalue weighted by molar-refractivity contribution is 5.92. The smallest absolute Gasteiger partial charge is 0.292 e. The van der Waals surface area contributed by atoms with E-state index in [0.717, 1.165) is 28.2 Å². The lowest BCUT2D eigenvalue weighted by Crippen LogP contribution is -2.40. The molecule has 30 heavy (non-hydrogen) atoms. The van der Waals surface area contributed by atoms with E-state index in [1.165, 1.54) is 6.20 Å². The van der Waals surface area contributed by atoms with E-state index in [-0.39, 0.29) is 17.1 Å². The van der Waals surface area contributed by atoms with Crippen LogP contribution in [0.1, 0.15) is 65.9 Å². The largest absolute Gasteiger partial charge is 0.435 e. The fourth-order valence-corrected chi connectivity index (χ4v) is 3.97. The molecule has 4 aromatic heterocycles. The number of fused-ring (bicyclic) bond motifs is 2. The van der Waals surface area contributed by atoms with E-state index in [1.54, 1.807) is 11.2 Å². The minimum Gasteiger partial charge on any atom is -0.435 e. The number of hydrogen-bond donors (Lipinski definition) is 1. The average Bonchev–Trinajstić information content (AvgIpc) is 3.44. The van der Waals surface area contributed by atoms with Crippen molar-refractivity contribution in [2.75, 3.05) is 6.54 Å². The van der Waals surface area contributed by atoms with Crippen LogP contribution in [-0.4, -0.2) is 41.9 Å². The molecule has 0 saturated heterocycles. The lowest BCUT2D eigenvalue weighted by molar-refractivity contribution is 0.0650. The molecule has 1 amide bonds. The van der Waals surface area contributed by atoms with E-state index in [2.05, 4.69) is 15.0 Å². The summed E-state index contributed by atoms with van der Waals surface area (Å²) < 4.78 is 7.69. The monoisotopic (exact) mass is 404 g/mol. The summed E-state index contributed by atoms with van der Waals surface area (Å²) in [4.78, 5) is 27.3. The molecular formula is C22H24N6O2. The highest BCUT2D eigenvalue weighted by Gasteiger charge is 2.37. The number of pyridine rings is 1. The van der Waals surface area contributed by atoms with Crippen molar-refractivity contribution in [2.24, 2.45) is 0 Å². The summed E-state index contributed by atoms with van der Waals surface area (Å²) in [6.07, 6.45) is 5.81. The van der Waals surface area contributed by atoms with E-state index >= 15 is 0 Å². The van der Waals surface area contributed by atoms with E-state index < -0.39 is 6.04 Å². The van der Waals surface area contributed by atoms with Gasteiger partial charge in [-0.05, 0) is 24.6 Å². The first-order valence-corrected chi connectivity index (χ1v) is 10.1. The minimum atomic E-state index is -0.394. The first kappa shape index (κ1) is 18.6. The number of imidazole rings is 1. The standard InChI is InChI=1S/C22H24N6O2/c1-13-6-5-8-28-16(13)10-15(26-28)19-18-14(24-12-25-18)7-9-27(19)20(29)17-11-23-21(30-17)22(2,3)4/h5-6,8,10-12,19H,7,9H2,1-4H3,(H,24,25)/t19-/m0/s1. The summed E-state index contributed by atoms with van der Waals surface area (Å²) in [6, 6.07) is 5.65. The van der Waals surface area contributed by atoms with Crippen molar-refractivity contribution in [3.8, 4) is 0 Å². The van der Waals surface area contributed by atoms with Gasteiger partial charge in [-0.3, -0.25) is 4.79 Å². The van der Waals surface area contributed by atoms with Crippen LogP contribution in [-0.2, 0) is 11.8 Å². The second-order valence-electron chi connectivity index (χ2n) is 8.79. The molecule has 154 valence electrons. The van der Waals surface area contributed by atoms with Gasteiger partial charge in [-0.25, -0.2) is 14.5 Å². The van der Waals surface area contributed by atoms with Crippen molar-refractivity contribution in [3.05, 3.63) is 71.2 Å². The molecule has 1 N–H and O–H groups in total. The van der Waals surface area contributed by atoms with Gasteiger partial charge in [0.2, 0.25) is 11.7 Å². The van der Waals surface area contributed by atoms with Crippen LogP contribution in [0.5, 0.6) is 0 Å². The lowest BCUT2D eigenvalue weighted by Gasteiger charge is -2.33. The Balaban J connectivity index is 1.59. The van der Waals surface area contributed by atoms with Crippen LogP contribution in [0, 0.1) is 6.92 Å². The van der Waals surface area contributed by atoms with Crippen molar-refractivity contribution < 1.29 is 9.21 Å². The first-order valence-electron chi connectivity index (χ1n) is 10.1. The van der Waals surface area contributed by atoms with Crippen LogP contribution >= 0.6 is 0 Å². The number of amides is 1. The Labute approximate surface area is 173 Å². The molecule has 0 bridgehead atoms. The van der Waals surface area contributed by atoms with Gasteiger partial charge >= 0.3 is 0 Å². The maximum Gasteiger partial charge on any atom is 0.292 e. The molecule has 0 saturated carbocycles. The predicted octanol–water partition coefficient (Wildman–Crippen LogP) is 3.44. The Hall–Kier alpha value is -3.42.